The Morgan fingerprint density at radius 3 is 2.41 bits per heavy atom. The first-order valence-electron chi connectivity index (χ1n) is 8.68. The van der Waals surface area contributed by atoms with E-state index in [1.165, 1.54) is 11.9 Å². The van der Waals surface area contributed by atoms with Gasteiger partial charge in [0.2, 0.25) is 0 Å². The maximum Gasteiger partial charge on any atom is 0.0665 e. The lowest BCUT2D eigenvalue weighted by Crippen LogP contribution is -2.46. The topological polar surface area (TPSA) is 3.24 Å². The van der Waals surface area contributed by atoms with Gasteiger partial charge in [0, 0.05) is 23.8 Å². The van der Waals surface area contributed by atoms with Gasteiger partial charge in [-0.1, -0.05) is 69.1 Å². The highest BCUT2D eigenvalue weighted by Gasteiger charge is 2.54. The number of hydrogen-bond acceptors (Lipinski definition) is 1. The molecule has 2 heteroatoms. The smallest absolute Gasteiger partial charge is 0.0665 e. The zero-order valence-electron chi connectivity index (χ0n) is 14.2. The van der Waals surface area contributed by atoms with Gasteiger partial charge in [-0.05, 0) is 29.4 Å². The lowest BCUT2D eigenvalue weighted by atomic mass is 9.82. The molecule has 1 nitrogen and oxygen atoms in total. The number of rotatable bonds is 2. The van der Waals surface area contributed by atoms with E-state index in [0.717, 1.165) is 11.8 Å². The molecule has 1 heterocycles. The second-order valence-electron chi connectivity index (χ2n) is 8.55. The zero-order valence-corrected chi connectivity index (χ0v) is 15.2. The number of fused-ring (bicyclic) bond motifs is 5. The third-order valence-electron chi connectivity index (χ3n) is 5.76. The van der Waals surface area contributed by atoms with E-state index in [9.17, 15) is 0 Å². The van der Waals surface area contributed by atoms with Gasteiger partial charge in [-0.15, -0.1) is 0 Å². The highest BCUT2D eigenvalue weighted by atomic mass is 28.3. The lowest BCUT2D eigenvalue weighted by molar-refractivity contribution is 0.421. The summed E-state index contributed by atoms with van der Waals surface area (Å²) in [6, 6.07) is 9.88. The highest BCUT2D eigenvalue weighted by molar-refractivity contribution is 6.76. The molecule has 1 aromatic carbocycles. The van der Waals surface area contributed by atoms with E-state index in [-0.39, 0.29) is 0 Å². The van der Waals surface area contributed by atoms with Crippen LogP contribution in [0.2, 0.25) is 19.6 Å². The molecule has 1 fully saturated rings. The van der Waals surface area contributed by atoms with Gasteiger partial charge in [-0.2, -0.15) is 0 Å². The van der Waals surface area contributed by atoms with Gasteiger partial charge < -0.3 is 4.90 Å². The minimum atomic E-state index is -1.14. The van der Waals surface area contributed by atoms with Crippen LogP contribution in [0.4, 0.5) is 5.69 Å². The number of allylic oxidation sites excluding steroid dienone is 4. The first-order valence-corrected chi connectivity index (χ1v) is 12.4. The van der Waals surface area contributed by atoms with Crippen LogP contribution in [0.1, 0.15) is 18.4 Å². The van der Waals surface area contributed by atoms with E-state index in [0.29, 0.717) is 17.9 Å². The molecule has 5 atom stereocenters. The van der Waals surface area contributed by atoms with Crippen LogP contribution >= 0.6 is 0 Å². The van der Waals surface area contributed by atoms with Gasteiger partial charge in [0.25, 0.3) is 0 Å². The van der Waals surface area contributed by atoms with E-state index < -0.39 is 8.07 Å². The molecule has 0 saturated heterocycles. The SMILES string of the molecule is CC1C2C=CC=CC2C2c3ccccc3N(C[Si](C)(C)C)C12. The van der Waals surface area contributed by atoms with E-state index in [4.69, 9.17) is 0 Å². The molecule has 2 aliphatic carbocycles. The van der Waals surface area contributed by atoms with Gasteiger partial charge in [0.05, 0.1) is 8.07 Å². The van der Waals surface area contributed by atoms with Gasteiger partial charge in [0.15, 0.2) is 0 Å². The first-order chi connectivity index (χ1) is 10.5. The summed E-state index contributed by atoms with van der Waals surface area (Å²) in [7, 11) is -1.14. The molecule has 22 heavy (non-hydrogen) atoms. The number of nitrogens with zero attached hydrogens (tertiary/aromatic N) is 1. The van der Waals surface area contributed by atoms with Crippen LogP contribution in [0.5, 0.6) is 0 Å². The molecule has 0 bridgehead atoms. The Morgan fingerprint density at radius 1 is 1.00 bits per heavy atom. The second-order valence-corrected chi connectivity index (χ2v) is 14.0. The summed E-state index contributed by atoms with van der Waals surface area (Å²) >= 11 is 0. The maximum atomic E-state index is 2.79. The van der Waals surface area contributed by atoms with Crippen molar-refractivity contribution in [3.63, 3.8) is 0 Å². The maximum absolute atomic E-state index is 2.79. The molecule has 3 aliphatic rings. The molecule has 0 spiro atoms. The highest BCUT2D eigenvalue weighted by Crippen LogP contribution is 2.58. The van der Waals surface area contributed by atoms with Crippen molar-refractivity contribution in [3.8, 4) is 0 Å². The largest absolute Gasteiger partial charge is 0.370 e. The van der Waals surface area contributed by atoms with Crippen molar-refractivity contribution in [1.82, 2.24) is 0 Å². The predicted molar refractivity (Wildman–Crippen MR) is 98.1 cm³/mol. The summed E-state index contributed by atoms with van der Waals surface area (Å²) in [6.07, 6.45) is 10.7. The van der Waals surface area contributed by atoms with Gasteiger partial charge in [0.1, 0.15) is 0 Å². The van der Waals surface area contributed by atoms with Crippen LogP contribution < -0.4 is 4.90 Å². The number of para-hydroxylation sites is 1. The number of benzene rings is 1. The predicted octanol–water partition coefficient (Wildman–Crippen LogP) is 4.84. The quantitative estimate of drug-likeness (QED) is 0.706. The van der Waals surface area contributed by atoms with Gasteiger partial charge in [-0.3, -0.25) is 0 Å². The molecule has 1 aromatic rings. The average Bonchev–Trinajstić information content (AvgIpc) is 2.94. The Labute approximate surface area is 135 Å². The summed E-state index contributed by atoms with van der Waals surface area (Å²) in [5.74, 6) is 2.84. The van der Waals surface area contributed by atoms with Gasteiger partial charge in [-0.25, -0.2) is 0 Å². The van der Waals surface area contributed by atoms with Crippen molar-refractivity contribution in [2.45, 2.75) is 38.5 Å². The van der Waals surface area contributed by atoms with E-state index in [1.54, 1.807) is 5.56 Å². The monoisotopic (exact) mass is 309 g/mol. The molecule has 1 saturated carbocycles. The fourth-order valence-electron chi connectivity index (χ4n) is 5.07. The molecule has 0 N–H and O–H groups in total. The Kier molecular flexibility index (Phi) is 3.16. The van der Waals surface area contributed by atoms with Crippen molar-refractivity contribution >= 4 is 13.8 Å². The fourth-order valence-corrected chi connectivity index (χ4v) is 6.47. The summed E-state index contributed by atoms with van der Waals surface area (Å²) in [4.78, 5) is 2.79. The number of anilines is 1. The van der Waals surface area contributed by atoms with Gasteiger partial charge >= 0.3 is 0 Å². The molecular weight excluding hydrogens is 282 g/mol. The second kappa shape index (κ2) is 4.86. The van der Waals surface area contributed by atoms with E-state index in [2.05, 4.69) is 80.0 Å². The average molecular weight is 310 g/mol. The standard InChI is InChI=1S/C20H27NSi/c1-14-15-9-5-6-10-16(15)19-17-11-7-8-12-18(17)21(20(14)19)13-22(2,3)4/h5-12,14-16,19-20H,13H2,1-4H3. The van der Waals surface area contributed by atoms with Crippen LogP contribution in [-0.4, -0.2) is 20.3 Å². The van der Waals surface area contributed by atoms with E-state index >= 15 is 0 Å². The Morgan fingerprint density at radius 2 is 1.68 bits per heavy atom. The van der Waals surface area contributed by atoms with Crippen LogP contribution in [-0.2, 0) is 0 Å². The van der Waals surface area contributed by atoms with Crippen LogP contribution in [0.3, 0.4) is 0 Å². The third kappa shape index (κ3) is 2.04. The summed E-state index contributed by atoms with van der Waals surface area (Å²) in [5.41, 5.74) is 3.12. The molecule has 0 radical (unpaired) electrons. The Bertz CT molecular complexity index is 639. The molecule has 0 amide bonds. The first kappa shape index (κ1) is 14.3. The minimum absolute atomic E-state index is 0.687. The van der Waals surface area contributed by atoms with Crippen molar-refractivity contribution in [2.24, 2.45) is 17.8 Å². The van der Waals surface area contributed by atoms with Crippen LogP contribution in [0.25, 0.3) is 0 Å². The minimum Gasteiger partial charge on any atom is -0.370 e. The normalized spacial score (nSPS) is 35.5. The molecule has 116 valence electrons. The summed E-state index contributed by atoms with van der Waals surface area (Å²) < 4.78 is 0. The lowest BCUT2D eigenvalue weighted by Gasteiger charge is -2.35. The molecule has 4 rings (SSSR count). The van der Waals surface area contributed by atoms with Crippen molar-refractivity contribution < 1.29 is 0 Å². The summed E-state index contributed by atoms with van der Waals surface area (Å²) in [6.45, 7) is 9.97. The van der Waals surface area contributed by atoms with Crippen molar-refractivity contribution in [3.05, 3.63) is 54.1 Å². The molecular formula is C20H27NSi. The zero-order chi connectivity index (χ0) is 15.5. The fraction of sp³-hybridized carbons (Fsp3) is 0.500. The van der Waals surface area contributed by atoms with E-state index in [1.807, 2.05) is 0 Å². The molecule has 5 unspecified atom stereocenters. The van der Waals surface area contributed by atoms with Crippen molar-refractivity contribution in [1.29, 1.82) is 0 Å². The Hall–Kier alpha value is -1.28. The van der Waals surface area contributed by atoms with Crippen molar-refractivity contribution in [2.75, 3.05) is 11.1 Å². The van der Waals surface area contributed by atoms with Crippen LogP contribution in [0.15, 0.2) is 48.6 Å². The third-order valence-corrected chi connectivity index (χ3v) is 7.05. The molecule has 0 aromatic heterocycles. The molecule has 1 aliphatic heterocycles. The van der Waals surface area contributed by atoms with Crippen LogP contribution in [0, 0.1) is 17.8 Å². The number of hydrogen-bond donors (Lipinski definition) is 0. The summed E-state index contributed by atoms with van der Waals surface area (Å²) in [5, 5.41) is 0. The Balaban J connectivity index is 1.81.